The molecule has 0 radical (unpaired) electrons. The molecule has 1 atom stereocenters. The van der Waals surface area contributed by atoms with Gasteiger partial charge in [0, 0.05) is 25.6 Å². The van der Waals surface area contributed by atoms with Crippen molar-refractivity contribution in [1.29, 1.82) is 0 Å². The summed E-state index contributed by atoms with van der Waals surface area (Å²) in [5.74, 6) is 0.131. The minimum absolute atomic E-state index is 0.131. The van der Waals surface area contributed by atoms with Crippen molar-refractivity contribution in [3.05, 3.63) is 71.3 Å². The topological polar surface area (TPSA) is 29.3 Å². The first-order chi connectivity index (χ1) is 10.2. The Balaban J connectivity index is 1.75. The summed E-state index contributed by atoms with van der Waals surface area (Å²) < 4.78 is 0. The van der Waals surface area contributed by atoms with E-state index in [2.05, 4.69) is 41.3 Å². The number of hydrogen-bond acceptors (Lipinski definition) is 2. The summed E-state index contributed by atoms with van der Waals surface area (Å²) in [5, 5.41) is 0. The van der Waals surface area contributed by atoms with Crippen molar-refractivity contribution in [2.45, 2.75) is 18.9 Å². The molecule has 0 fully saturated rings. The highest BCUT2D eigenvalue weighted by atomic mass is 32.1. The average molecular weight is 296 g/mol. The molecule has 0 saturated carbocycles. The summed E-state index contributed by atoms with van der Waals surface area (Å²) in [6, 6.07) is 19.0. The van der Waals surface area contributed by atoms with Gasteiger partial charge in [-0.25, -0.2) is 0 Å². The number of fused-ring (bicyclic) bond motifs is 1. The fraction of sp³-hybridized carbons (Fsp3) is 0.278. The van der Waals surface area contributed by atoms with Crippen LogP contribution in [0.1, 0.15) is 22.6 Å². The number of thiocarbonyl (C=S) groups is 1. The van der Waals surface area contributed by atoms with Gasteiger partial charge in [0.2, 0.25) is 0 Å². The Morgan fingerprint density at radius 3 is 2.43 bits per heavy atom. The molecule has 3 rings (SSSR count). The summed E-state index contributed by atoms with van der Waals surface area (Å²) in [4.78, 5) is 3.04. The molecule has 2 N–H and O–H groups in total. The fourth-order valence-electron chi connectivity index (χ4n) is 3.01. The van der Waals surface area contributed by atoms with E-state index in [4.69, 9.17) is 18.0 Å². The first-order valence-electron chi connectivity index (χ1n) is 7.37. The van der Waals surface area contributed by atoms with E-state index in [1.54, 1.807) is 0 Å². The van der Waals surface area contributed by atoms with Crippen LogP contribution in [0.15, 0.2) is 54.6 Å². The third-order valence-corrected chi connectivity index (χ3v) is 4.48. The fourth-order valence-corrected chi connectivity index (χ4v) is 3.22. The van der Waals surface area contributed by atoms with Crippen molar-refractivity contribution < 1.29 is 0 Å². The van der Waals surface area contributed by atoms with Gasteiger partial charge in [0.1, 0.15) is 0 Å². The maximum atomic E-state index is 5.99. The lowest BCUT2D eigenvalue weighted by atomic mass is 9.95. The van der Waals surface area contributed by atoms with Crippen molar-refractivity contribution in [2.75, 3.05) is 13.1 Å². The van der Waals surface area contributed by atoms with Crippen LogP contribution in [-0.2, 0) is 13.0 Å². The standard InChI is InChI=1S/C18H20N2S/c19-18(21)17(15-7-2-1-3-8-15)13-20-11-10-14-6-4-5-9-16(14)12-20/h1-9,17H,10-13H2,(H2,19,21). The second kappa shape index (κ2) is 6.37. The Hall–Kier alpha value is -1.71. The van der Waals surface area contributed by atoms with E-state index in [0.717, 1.165) is 26.1 Å². The molecule has 0 aliphatic carbocycles. The molecular formula is C18H20N2S. The number of nitrogens with zero attached hydrogens (tertiary/aromatic N) is 1. The van der Waals surface area contributed by atoms with Crippen LogP contribution in [0.3, 0.4) is 0 Å². The molecular weight excluding hydrogens is 276 g/mol. The zero-order valence-electron chi connectivity index (χ0n) is 12.0. The van der Waals surface area contributed by atoms with E-state index in [0.29, 0.717) is 4.99 Å². The second-order valence-corrected chi connectivity index (χ2v) is 6.09. The second-order valence-electron chi connectivity index (χ2n) is 5.62. The van der Waals surface area contributed by atoms with Crippen molar-refractivity contribution in [3.63, 3.8) is 0 Å². The molecule has 0 bridgehead atoms. The largest absolute Gasteiger partial charge is 0.393 e. The number of rotatable bonds is 4. The van der Waals surface area contributed by atoms with Gasteiger partial charge in [-0.1, -0.05) is 66.8 Å². The average Bonchev–Trinajstić information content (AvgIpc) is 2.53. The van der Waals surface area contributed by atoms with Gasteiger partial charge in [-0.3, -0.25) is 4.90 Å². The first-order valence-corrected chi connectivity index (χ1v) is 7.78. The quantitative estimate of drug-likeness (QED) is 0.879. The molecule has 1 aliphatic rings. The summed E-state index contributed by atoms with van der Waals surface area (Å²) in [6.45, 7) is 2.96. The van der Waals surface area contributed by atoms with Crippen LogP contribution < -0.4 is 5.73 Å². The minimum Gasteiger partial charge on any atom is -0.393 e. The van der Waals surface area contributed by atoms with Crippen LogP contribution in [0.25, 0.3) is 0 Å². The summed E-state index contributed by atoms with van der Waals surface area (Å²) >= 11 is 5.30. The van der Waals surface area contributed by atoms with Crippen LogP contribution >= 0.6 is 12.2 Å². The lowest BCUT2D eigenvalue weighted by Crippen LogP contribution is -2.37. The van der Waals surface area contributed by atoms with Gasteiger partial charge in [0.25, 0.3) is 0 Å². The van der Waals surface area contributed by atoms with Gasteiger partial charge in [0.15, 0.2) is 0 Å². The zero-order chi connectivity index (χ0) is 14.7. The van der Waals surface area contributed by atoms with Gasteiger partial charge < -0.3 is 5.73 Å². The molecule has 0 saturated heterocycles. The molecule has 3 heteroatoms. The molecule has 1 aliphatic heterocycles. The van der Waals surface area contributed by atoms with Gasteiger partial charge in [-0.05, 0) is 23.1 Å². The van der Waals surface area contributed by atoms with Gasteiger partial charge in [-0.15, -0.1) is 0 Å². The van der Waals surface area contributed by atoms with E-state index >= 15 is 0 Å². The molecule has 0 aromatic heterocycles. The van der Waals surface area contributed by atoms with Crippen LogP contribution in [-0.4, -0.2) is 23.0 Å². The number of benzene rings is 2. The smallest absolute Gasteiger partial charge is 0.0816 e. The van der Waals surface area contributed by atoms with Crippen LogP contribution in [0.2, 0.25) is 0 Å². The highest BCUT2D eigenvalue weighted by molar-refractivity contribution is 7.80. The van der Waals surface area contributed by atoms with Crippen molar-refractivity contribution in [1.82, 2.24) is 4.90 Å². The lowest BCUT2D eigenvalue weighted by Gasteiger charge is -2.31. The Labute approximate surface area is 131 Å². The van der Waals surface area contributed by atoms with Crippen LogP contribution in [0.4, 0.5) is 0 Å². The number of hydrogen-bond donors (Lipinski definition) is 1. The molecule has 2 nitrogen and oxygen atoms in total. The van der Waals surface area contributed by atoms with Crippen LogP contribution in [0, 0.1) is 0 Å². The Morgan fingerprint density at radius 1 is 1.05 bits per heavy atom. The molecule has 0 amide bonds. The monoisotopic (exact) mass is 296 g/mol. The zero-order valence-corrected chi connectivity index (χ0v) is 12.9. The SMILES string of the molecule is NC(=S)C(CN1CCc2ccccc2C1)c1ccccc1. The van der Waals surface area contributed by atoms with Crippen molar-refractivity contribution in [2.24, 2.45) is 5.73 Å². The van der Waals surface area contributed by atoms with E-state index in [1.165, 1.54) is 16.7 Å². The third kappa shape index (κ3) is 3.31. The van der Waals surface area contributed by atoms with E-state index in [-0.39, 0.29) is 5.92 Å². The maximum absolute atomic E-state index is 5.99. The molecule has 0 spiro atoms. The maximum Gasteiger partial charge on any atom is 0.0816 e. The normalized spacial score (nSPS) is 16.2. The molecule has 1 unspecified atom stereocenters. The molecule has 1 heterocycles. The van der Waals surface area contributed by atoms with E-state index in [9.17, 15) is 0 Å². The Bertz CT molecular complexity index is 624. The lowest BCUT2D eigenvalue weighted by molar-refractivity contribution is 0.252. The Morgan fingerprint density at radius 2 is 1.71 bits per heavy atom. The third-order valence-electron chi connectivity index (χ3n) is 4.20. The Kier molecular flexibility index (Phi) is 4.32. The van der Waals surface area contributed by atoms with Gasteiger partial charge in [0.05, 0.1) is 4.99 Å². The predicted molar refractivity (Wildman–Crippen MR) is 91.4 cm³/mol. The van der Waals surface area contributed by atoms with E-state index in [1.807, 2.05) is 18.2 Å². The minimum atomic E-state index is 0.131. The summed E-state index contributed by atoms with van der Waals surface area (Å²) in [6.07, 6.45) is 1.11. The van der Waals surface area contributed by atoms with Gasteiger partial charge >= 0.3 is 0 Å². The molecule has 108 valence electrons. The molecule has 21 heavy (non-hydrogen) atoms. The molecule has 2 aromatic rings. The highest BCUT2D eigenvalue weighted by Crippen LogP contribution is 2.23. The first kappa shape index (κ1) is 14.2. The summed E-state index contributed by atoms with van der Waals surface area (Å²) in [5.41, 5.74) is 10.1. The molecule has 2 aromatic carbocycles. The van der Waals surface area contributed by atoms with Gasteiger partial charge in [-0.2, -0.15) is 0 Å². The predicted octanol–water partition coefficient (Wildman–Crippen LogP) is 3.11. The highest BCUT2D eigenvalue weighted by Gasteiger charge is 2.22. The van der Waals surface area contributed by atoms with Crippen molar-refractivity contribution >= 4 is 17.2 Å². The van der Waals surface area contributed by atoms with Crippen LogP contribution in [0.5, 0.6) is 0 Å². The van der Waals surface area contributed by atoms with E-state index < -0.39 is 0 Å². The number of nitrogens with two attached hydrogens (primary N) is 1. The summed E-state index contributed by atoms with van der Waals surface area (Å²) in [7, 11) is 0. The van der Waals surface area contributed by atoms with Crippen molar-refractivity contribution in [3.8, 4) is 0 Å².